The lowest BCUT2D eigenvalue weighted by molar-refractivity contribution is 0.403. The average Bonchev–Trinajstić information content (AvgIpc) is 2.98. The minimum absolute atomic E-state index is 0.0233. The molecule has 2 atom stereocenters. The summed E-state index contributed by atoms with van der Waals surface area (Å²) in [4.78, 5) is 4.23. The van der Waals surface area contributed by atoms with Crippen molar-refractivity contribution in [2.45, 2.75) is 31.3 Å². The summed E-state index contributed by atoms with van der Waals surface area (Å²) in [6.45, 7) is 4.51. The van der Waals surface area contributed by atoms with Crippen LogP contribution >= 0.6 is 0 Å². The van der Waals surface area contributed by atoms with Gasteiger partial charge in [-0.05, 0) is 31.4 Å². The first-order valence-electron chi connectivity index (χ1n) is 6.90. The standard InChI is InChI=1S/C13H19N5O2S/c1-9-7-10(2)18(8-9)21(19,20)13-12(16-14)15-11-5-3-4-6-17(11)13/h3-6,9-10,16H,7-8,14H2,1-2H3. The summed E-state index contributed by atoms with van der Waals surface area (Å²) in [6, 6.07) is 5.30. The van der Waals surface area contributed by atoms with E-state index in [9.17, 15) is 8.42 Å². The SMILES string of the molecule is CC1CC(C)N(S(=O)(=O)c2c(NN)nc3ccccn23)C1. The number of hydrazine groups is 1. The predicted octanol–water partition coefficient (Wildman–Crippen LogP) is 1.04. The highest BCUT2D eigenvalue weighted by Gasteiger charge is 2.39. The maximum Gasteiger partial charge on any atom is 0.263 e. The highest BCUT2D eigenvalue weighted by molar-refractivity contribution is 7.89. The zero-order valence-electron chi connectivity index (χ0n) is 12.0. The Morgan fingerprint density at radius 1 is 1.38 bits per heavy atom. The number of hydrogen-bond donors (Lipinski definition) is 2. The lowest BCUT2D eigenvalue weighted by atomic mass is 10.1. The number of fused-ring (bicyclic) bond motifs is 1. The van der Waals surface area contributed by atoms with Crippen LogP contribution in [0.2, 0.25) is 0 Å². The summed E-state index contributed by atoms with van der Waals surface area (Å²) in [7, 11) is -3.66. The zero-order chi connectivity index (χ0) is 15.2. The Morgan fingerprint density at radius 3 is 2.76 bits per heavy atom. The molecule has 1 fully saturated rings. The summed E-state index contributed by atoms with van der Waals surface area (Å²) < 4.78 is 29.1. The second-order valence-electron chi connectivity index (χ2n) is 5.60. The molecule has 0 aliphatic carbocycles. The van der Waals surface area contributed by atoms with Gasteiger partial charge in [-0.25, -0.2) is 19.2 Å². The van der Waals surface area contributed by atoms with Gasteiger partial charge in [0.05, 0.1) is 0 Å². The van der Waals surface area contributed by atoms with Crippen molar-refractivity contribution in [2.24, 2.45) is 11.8 Å². The fourth-order valence-corrected chi connectivity index (χ4v) is 5.01. The van der Waals surface area contributed by atoms with Crippen LogP contribution in [0.1, 0.15) is 20.3 Å². The Bertz CT molecular complexity index is 770. The van der Waals surface area contributed by atoms with E-state index < -0.39 is 10.0 Å². The number of rotatable bonds is 3. The van der Waals surface area contributed by atoms with Crippen molar-refractivity contribution in [2.75, 3.05) is 12.0 Å². The van der Waals surface area contributed by atoms with Crippen LogP contribution in [0.15, 0.2) is 29.4 Å². The van der Waals surface area contributed by atoms with E-state index in [4.69, 9.17) is 5.84 Å². The Balaban J connectivity index is 2.19. The molecule has 0 aromatic carbocycles. The summed E-state index contributed by atoms with van der Waals surface area (Å²) >= 11 is 0. The van der Waals surface area contributed by atoms with Crippen LogP contribution in [0, 0.1) is 5.92 Å². The molecule has 21 heavy (non-hydrogen) atoms. The number of nitrogens with two attached hydrogens (primary N) is 1. The average molecular weight is 309 g/mol. The summed E-state index contributed by atoms with van der Waals surface area (Å²) in [5.74, 6) is 5.99. The van der Waals surface area contributed by atoms with E-state index in [1.54, 1.807) is 28.8 Å². The quantitative estimate of drug-likeness (QED) is 0.653. The molecule has 0 radical (unpaired) electrons. The van der Waals surface area contributed by atoms with Gasteiger partial charge in [0, 0.05) is 18.8 Å². The van der Waals surface area contributed by atoms with Crippen LogP contribution in [0.3, 0.4) is 0 Å². The first-order chi connectivity index (χ1) is 9.95. The van der Waals surface area contributed by atoms with E-state index >= 15 is 0 Å². The zero-order valence-corrected chi connectivity index (χ0v) is 12.8. The molecule has 2 aromatic heterocycles. The predicted molar refractivity (Wildman–Crippen MR) is 80.1 cm³/mol. The molecule has 1 saturated heterocycles. The minimum atomic E-state index is -3.66. The highest BCUT2D eigenvalue weighted by Crippen LogP contribution is 2.32. The maximum atomic E-state index is 13.0. The molecule has 7 nitrogen and oxygen atoms in total. The van der Waals surface area contributed by atoms with Gasteiger partial charge >= 0.3 is 0 Å². The smallest absolute Gasteiger partial charge is 0.263 e. The fourth-order valence-electron chi connectivity index (χ4n) is 3.02. The van der Waals surface area contributed by atoms with E-state index in [-0.39, 0.29) is 16.9 Å². The monoisotopic (exact) mass is 309 g/mol. The van der Waals surface area contributed by atoms with Crippen molar-refractivity contribution < 1.29 is 8.42 Å². The number of anilines is 1. The summed E-state index contributed by atoms with van der Waals surface area (Å²) in [5, 5.41) is 0.0987. The van der Waals surface area contributed by atoms with Gasteiger partial charge in [-0.1, -0.05) is 13.0 Å². The van der Waals surface area contributed by atoms with Gasteiger partial charge in [0.2, 0.25) is 5.03 Å². The van der Waals surface area contributed by atoms with Crippen molar-refractivity contribution in [3.8, 4) is 0 Å². The van der Waals surface area contributed by atoms with E-state index in [2.05, 4.69) is 17.3 Å². The molecule has 2 unspecified atom stereocenters. The fraction of sp³-hybridized carbons (Fsp3) is 0.462. The molecular formula is C13H19N5O2S. The largest absolute Gasteiger partial charge is 0.306 e. The Morgan fingerprint density at radius 2 is 2.14 bits per heavy atom. The molecular weight excluding hydrogens is 290 g/mol. The lowest BCUT2D eigenvalue weighted by Crippen LogP contribution is -2.35. The molecule has 114 valence electrons. The number of nitrogens with one attached hydrogen (secondary N) is 1. The highest BCUT2D eigenvalue weighted by atomic mass is 32.2. The Hall–Kier alpha value is -1.64. The maximum absolute atomic E-state index is 13.0. The number of imidazole rings is 1. The second-order valence-corrected chi connectivity index (χ2v) is 7.41. The van der Waals surface area contributed by atoms with Crippen molar-refractivity contribution >= 4 is 21.5 Å². The topological polar surface area (TPSA) is 92.7 Å². The van der Waals surface area contributed by atoms with Crippen LogP contribution in [-0.4, -0.2) is 34.7 Å². The number of nitrogen functional groups attached to an aromatic ring is 1. The van der Waals surface area contributed by atoms with Crippen LogP contribution in [-0.2, 0) is 10.0 Å². The normalized spacial score (nSPS) is 23.8. The number of hydrogen-bond acceptors (Lipinski definition) is 5. The van der Waals surface area contributed by atoms with Crippen molar-refractivity contribution in [1.82, 2.24) is 13.7 Å². The molecule has 8 heteroatoms. The van der Waals surface area contributed by atoms with Gasteiger partial charge in [-0.15, -0.1) is 0 Å². The van der Waals surface area contributed by atoms with Gasteiger partial charge < -0.3 is 5.43 Å². The Kier molecular flexibility index (Phi) is 3.39. The molecule has 0 saturated carbocycles. The van der Waals surface area contributed by atoms with Gasteiger partial charge in [0.15, 0.2) is 5.82 Å². The van der Waals surface area contributed by atoms with Crippen LogP contribution < -0.4 is 11.3 Å². The molecule has 0 amide bonds. The van der Waals surface area contributed by atoms with E-state index in [1.807, 2.05) is 6.92 Å². The van der Waals surface area contributed by atoms with Crippen LogP contribution in [0.4, 0.5) is 5.82 Å². The number of aromatic nitrogens is 2. The Labute approximate surface area is 123 Å². The number of pyridine rings is 1. The first-order valence-corrected chi connectivity index (χ1v) is 8.34. The van der Waals surface area contributed by atoms with Crippen molar-refractivity contribution in [3.05, 3.63) is 24.4 Å². The van der Waals surface area contributed by atoms with Crippen LogP contribution in [0.25, 0.3) is 5.65 Å². The number of sulfonamides is 1. The molecule has 2 aromatic rings. The van der Waals surface area contributed by atoms with Crippen molar-refractivity contribution in [1.29, 1.82) is 0 Å². The minimum Gasteiger partial charge on any atom is -0.306 e. The third kappa shape index (κ3) is 2.19. The van der Waals surface area contributed by atoms with E-state index in [0.29, 0.717) is 18.1 Å². The summed E-state index contributed by atoms with van der Waals surface area (Å²) in [5.41, 5.74) is 2.95. The van der Waals surface area contributed by atoms with Gasteiger partial charge in [0.25, 0.3) is 10.0 Å². The second kappa shape index (κ2) is 4.97. The molecule has 3 heterocycles. The van der Waals surface area contributed by atoms with Crippen molar-refractivity contribution in [3.63, 3.8) is 0 Å². The van der Waals surface area contributed by atoms with Crippen LogP contribution in [0.5, 0.6) is 0 Å². The molecule has 1 aliphatic heterocycles. The van der Waals surface area contributed by atoms with E-state index in [0.717, 1.165) is 6.42 Å². The van der Waals surface area contributed by atoms with E-state index in [1.165, 1.54) is 4.31 Å². The van der Waals surface area contributed by atoms with Gasteiger partial charge in [-0.3, -0.25) is 4.40 Å². The third-order valence-electron chi connectivity index (χ3n) is 3.90. The van der Waals surface area contributed by atoms with Gasteiger partial charge in [0.1, 0.15) is 5.65 Å². The molecule has 0 bridgehead atoms. The molecule has 3 N–H and O–H groups in total. The van der Waals surface area contributed by atoms with Gasteiger partial charge in [-0.2, -0.15) is 4.31 Å². The lowest BCUT2D eigenvalue weighted by Gasteiger charge is -2.21. The molecule has 3 rings (SSSR count). The molecule has 1 aliphatic rings. The number of nitrogens with zero attached hydrogens (tertiary/aromatic N) is 3. The third-order valence-corrected chi connectivity index (χ3v) is 5.91. The molecule has 0 spiro atoms. The summed E-state index contributed by atoms with van der Waals surface area (Å²) in [6.07, 6.45) is 2.54. The first kappa shape index (κ1) is 14.3.